The summed E-state index contributed by atoms with van der Waals surface area (Å²) in [5, 5.41) is 5.89. The number of carbonyl (C=O) groups excluding carboxylic acids is 1. The summed E-state index contributed by atoms with van der Waals surface area (Å²) in [4.78, 5) is 20.0. The quantitative estimate of drug-likeness (QED) is 0.713. The Morgan fingerprint density at radius 2 is 2.14 bits per heavy atom. The lowest BCUT2D eigenvalue weighted by Gasteiger charge is -2.00. The van der Waals surface area contributed by atoms with E-state index in [0.717, 1.165) is 10.8 Å². The minimum Gasteiger partial charge on any atom is -0.377 e. The zero-order chi connectivity index (χ0) is 14.7. The summed E-state index contributed by atoms with van der Waals surface area (Å²) in [5.41, 5.74) is 0.641. The van der Waals surface area contributed by atoms with Gasteiger partial charge in [-0.15, -0.1) is 0 Å². The van der Waals surface area contributed by atoms with Gasteiger partial charge in [-0.25, -0.2) is 0 Å². The summed E-state index contributed by atoms with van der Waals surface area (Å²) in [6, 6.07) is 9.74. The molecule has 0 fully saturated rings. The third kappa shape index (κ3) is 2.80. The first-order valence-electron chi connectivity index (χ1n) is 6.45. The smallest absolute Gasteiger partial charge is 0.234 e. The van der Waals surface area contributed by atoms with Gasteiger partial charge in [-0.05, 0) is 11.5 Å². The lowest BCUT2D eigenvalue weighted by atomic mass is 10.1. The molecule has 0 unspecified atom stereocenters. The van der Waals surface area contributed by atoms with E-state index in [9.17, 15) is 4.79 Å². The summed E-state index contributed by atoms with van der Waals surface area (Å²) in [5.74, 6) is 0.535. The maximum atomic E-state index is 11.5. The highest BCUT2D eigenvalue weighted by Gasteiger charge is 2.15. The van der Waals surface area contributed by atoms with Crippen molar-refractivity contribution in [1.82, 2.24) is 15.1 Å². The number of rotatable bonds is 5. The van der Waals surface area contributed by atoms with Gasteiger partial charge >= 0.3 is 0 Å². The Morgan fingerprint density at radius 1 is 1.29 bits per heavy atom. The summed E-state index contributed by atoms with van der Waals surface area (Å²) in [6.45, 7) is 0.0320. The van der Waals surface area contributed by atoms with E-state index in [1.54, 1.807) is 6.20 Å². The van der Waals surface area contributed by atoms with Crippen LogP contribution in [0.4, 0.5) is 0 Å². The van der Waals surface area contributed by atoms with Gasteiger partial charge in [0, 0.05) is 18.7 Å². The van der Waals surface area contributed by atoms with Crippen molar-refractivity contribution < 1.29 is 14.1 Å². The largest absolute Gasteiger partial charge is 0.377 e. The van der Waals surface area contributed by atoms with Crippen LogP contribution in [0.15, 0.2) is 41.1 Å². The van der Waals surface area contributed by atoms with Gasteiger partial charge in [0.1, 0.15) is 12.3 Å². The predicted octanol–water partition coefficient (Wildman–Crippen LogP) is 2.04. The van der Waals surface area contributed by atoms with Crippen molar-refractivity contribution in [1.29, 1.82) is 0 Å². The summed E-state index contributed by atoms with van der Waals surface area (Å²) < 4.78 is 9.88. The zero-order valence-corrected chi connectivity index (χ0v) is 11.4. The molecule has 1 aromatic carbocycles. The SMILES string of the molecule is COCC(=O)Cc1nc(-c2nccc3ccccc23)no1. The third-order valence-electron chi connectivity index (χ3n) is 3.01. The van der Waals surface area contributed by atoms with E-state index in [4.69, 9.17) is 9.26 Å². The van der Waals surface area contributed by atoms with Crippen LogP contribution >= 0.6 is 0 Å². The van der Waals surface area contributed by atoms with E-state index in [1.165, 1.54) is 7.11 Å². The molecule has 0 aliphatic rings. The van der Waals surface area contributed by atoms with Crippen LogP contribution in [-0.4, -0.2) is 34.6 Å². The number of aromatic nitrogens is 3. The summed E-state index contributed by atoms with van der Waals surface area (Å²) >= 11 is 0. The zero-order valence-electron chi connectivity index (χ0n) is 11.4. The summed E-state index contributed by atoms with van der Waals surface area (Å²) in [7, 11) is 1.47. The van der Waals surface area contributed by atoms with Crippen molar-refractivity contribution in [2.45, 2.75) is 6.42 Å². The Morgan fingerprint density at radius 3 is 3.00 bits per heavy atom. The molecule has 0 radical (unpaired) electrons. The highest BCUT2D eigenvalue weighted by Crippen LogP contribution is 2.24. The standard InChI is InChI=1S/C15H13N3O3/c1-20-9-11(19)8-13-17-15(18-21-13)14-12-5-3-2-4-10(12)6-7-16-14/h2-7H,8-9H2,1H3. The van der Waals surface area contributed by atoms with Crippen LogP contribution in [0.2, 0.25) is 0 Å². The van der Waals surface area contributed by atoms with Gasteiger partial charge in [-0.1, -0.05) is 29.4 Å². The Kier molecular flexibility index (Phi) is 3.70. The molecule has 2 heterocycles. The maximum Gasteiger partial charge on any atom is 0.234 e. The van der Waals surface area contributed by atoms with Crippen LogP contribution in [0.25, 0.3) is 22.3 Å². The molecule has 0 saturated heterocycles. The molecule has 6 heteroatoms. The number of Topliss-reactive ketones (excluding diaryl/α,β-unsaturated/α-hetero) is 1. The molecule has 2 aromatic heterocycles. The van der Waals surface area contributed by atoms with Crippen LogP contribution in [0, 0.1) is 0 Å². The summed E-state index contributed by atoms with van der Waals surface area (Å²) in [6.07, 6.45) is 1.76. The molecule has 0 aliphatic carbocycles. The fourth-order valence-corrected chi connectivity index (χ4v) is 2.10. The number of ketones is 1. The number of hydrogen-bond acceptors (Lipinski definition) is 6. The Hall–Kier alpha value is -2.60. The number of benzene rings is 1. The molecule has 0 aliphatic heterocycles. The number of hydrogen-bond donors (Lipinski definition) is 0. The molecule has 21 heavy (non-hydrogen) atoms. The van der Waals surface area contributed by atoms with Crippen LogP contribution in [-0.2, 0) is 16.0 Å². The minimum absolute atomic E-state index is 0.0320. The van der Waals surface area contributed by atoms with E-state index >= 15 is 0 Å². The average molecular weight is 283 g/mol. The van der Waals surface area contributed by atoms with Crippen molar-refractivity contribution in [3.63, 3.8) is 0 Å². The first-order chi connectivity index (χ1) is 10.3. The van der Waals surface area contributed by atoms with Gasteiger partial charge in [0.25, 0.3) is 0 Å². The van der Waals surface area contributed by atoms with E-state index in [2.05, 4.69) is 15.1 Å². The van der Waals surface area contributed by atoms with Crippen LogP contribution in [0.3, 0.4) is 0 Å². The molecule has 3 rings (SSSR count). The van der Waals surface area contributed by atoms with E-state index in [-0.39, 0.29) is 24.7 Å². The number of methoxy groups -OCH3 is 1. The van der Waals surface area contributed by atoms with Crippen LogP contribution in [0.5, 0.6) is 0 Å². The number of carbonyl (C=O) groups is 1. The molecule has 3 aromatic rings. The molecule has 0 N–H and O–H groups in total. The normalized spacial score (nSPS) is 10.9. The second-order valence-electron chi connectivity index (χ2n) is 4.54. The van der Waals surface area contributed by atoms with Gasteiger partial charge < -0.3 is 9.26 Å². The number of pyridine rings is 1. The lowest BCUT2D eigenvalue weighted by Crippen LogP contribution is -2.09. The third-order valence-corrected chi connectivity index (χ3v) is 3.01. The molecule has 0 atom stereocenters. The predicted molar refractivity (Wildman–Crippen MR) is 75.6 cm³/mol. The topological polar surface area (TPSA) is 78.1 Å². The molecule has 6 nitrogen and oxygen atoms in total. The van der Waals surface area contributed by atoms with Gasteiger partial charge in [-0.3, -0.25) is 9.78 Å². The minimum atomic E-state index is -0.112. The molecule has 0 bridgehead atoms. The number of ether oxygens (including phenoxy) is 1. The average Bonchev–Trinajstić information content (AvgIpc) is 2.95. The van der Waals surface area contributed by atoms with E-state index in [1.807, 2.05) is 30.3 Å². The molecular weight excluding hydrogens is 270 g/mol. The van der Waals surface area contributed by atoms with Gasteiger partial charge in [0.2, 0.25) is 11.7 Å². The van der Waals surface area contributed by atoms with Crippen molar-refractivity contribution in [3.05, 3.63) is 42.4 Å². The first kappa shape index (κ1) is 13.4. The Bertz CT molecular complexity index is 777. The second-order valence-corrected chi connectivity index (χ2v) is 4.54. The number of nitrogens with zero attached hydrogens (tertiary/aromatic N) is 3. The Balaban J connectivity index is 1.93. The van der Waals surface area contributed by atoms with Crippen molar-refractivity contribution in [3.8, 4) is 11.5 Å². The fraction of sp³-hybridized carbons (Fsp3) is 0.200. The van der Waals surface area contributed by atoms with Crippen molar-refractivity contribution in [2.75, 3.05) is 13.7 Å². The van der Waals surface area contributed by atoms with Crippen LogP contribution < -0.4 is 0 Å². The second kappa shape index (κ2) is 5.80. The van der Waals surface area contributed by atoms with Crippen molar-refractivity contribution in [2.24, 2.45) is 0 Å². The monoisotopic (exact) mass is 283 g/mol. The molecule has 0 saturated carbocycles. The lowest BCUT2D eigenvalue weighted by molar-refractivity contribution is -0.122. The first-order valence-corrected chi connectivity index (χ1v) is 6.45. The van der Waals surface area contributed by atoms with E-state index in [0.29, 0.717) is 11.5 Å². The fourth-order valence-electron chi connectivity index (χ4n) is 2.10. The highest BCUT2D eigenvalue weighted by molar-refractivity contribution is 5.92. The maximum absolute atomic E-state index is 11.5. The number of fused-ring (bicyclic) bond motifs is 1. The molecule has 106 valence electrons. The Labute approximate surface area is 120 Å². The highest BCUT2D eigenvalue weighted by atomic mass is 16.5. The van der Waals surface area contributed by atoms with Crippen molar-refractivity contribution >= 4 is 16.6 Å². The van der Waals surface area contributed by atoms with E-state index < -0.39 is 0 Å². The van der Waals surface area contributed by atoms with Gasteiger partial charge in [0.15, 0.2) is 5.78 Å². The van der Waals surface area contributed by atoms with Gasteiger partial charge in [-0.2, -0.15) is 4.98 Å². The molecular formula is C15H13N3O3. The van der Waals surface area contributed by atoms with Crippen LogP contribution in [0.1, 0.15) is 5.89 Å². The molecule has 0 spiro atoms. The molecule has 0 amide bonds. The van der Waals surface area contributed by atoms with Gasteiger partial charge in [0.05, 0.1) is 6.42 Å².